The van der Waals surface area contributed by atoms with Gasteiger partial charge in [0.2, 0.25) is 0 Å². The molecule has 0 saturated carbocycles. The second-order valence-electron chi connectivity index (χ2n) is 5.83. The predicted molar refractivity (Wildman–Crippen MR) is 73.3 cm³/mol. The van der Waals surface area contributed by atoms with E-state index in [0.29, 0.717) is 6.04 Å². The molecule has 17 heavy (non-hydrogen) atoms. The van der Waals surface area contributed by atoms with Crippen LogP contribution in [0.1, 0.15) is 33.6 Å². The van der Waals surface area contributed by atoms with Crippen LogP contribution in [0.5, 0.6) is 0 Å². The highest BCUT2D eigenvalue weighted by molar-refractivity contribution is 4.81. The Morgan fingerprint density at radius 3 is 2.76 bits per heavy atom. The van der Waals surface area contributed by atoms with Gasteiger partial charge in [-0.05, 0) is 31.2 Å². The lowest BCUT2D eigenvalue weighted by Crippen LogP contribution is -2.49. The van der Waals surface area contributed by atoms with Crippen molar-refractivity contribution in [3.63, 3.8) is 0 Å². The van der Waals surface area contributed by atoms with Gasteiger partial charge in [0.1, 0.15) is 0 Å². The van der Waals surface area contributed by atoms with E-state index in [4.69, 9.17) is 4.74 Å². The molecule has 1 aliphatic heterocycles. The van der Waals surface area contributed by atoms with Gasteiger partial charge in [-0.1, -0.05) is 20.8 Å². The van der Waals surface area contributed by atoms with E-state index in [1.54, 1.807) is 7.11 Å². The van der Waals surface area contributed by atoms with Crippen LogP contribution >= 0.6 is 0 Å². The van der Waals surface area contributed by atoms with Crippen LogP contribution in [-0.2, 0) is 4.74 Å². The second kappa shape index (κ2) is 8.06. The van der Waals surface area contributed by atoms with Crippen molar-refractivity contribution < 1.29 is 4.74 Å². The fraction of sp³-hybridized carbons (Fsp3) is 1.00. The summed E-state index contributed by atoms with van der Waals surface area (Å²) < 4.78 is 5.21. The highest BCUT2D eigenvalue weighted by Crippen LogP contribution is 2.16. The number of methoxy groups -OCH3 is 1. The number of nitrogens with one attached hydrogen (secondary N) is 1. The van der Waals surface area contributed by atoms with Crippen molar-refractivity contribution in [3.8, 4) is 0 Å². The average Bonchev–Trinajstić information content (AvgIpc) is 2.28. The summed E-state index contributed by atoms with van der Waals surface area (Å²) in [5.74, 6) is 1.53. The number of piperidine rings is 1. The minimum Gasteiger partial charge on any atom is -0.383 e. The van der Waals surface area contributed by atoms with Crippen molar-refractivity contribution in [2.24, 2.45) is 11.8 Å². The fourth-order valence-corrected chi connectivity index (χ4v) is 2.63. The van der Waals surface area contributed by atoms with E-state index in [1.165, 1.54) is 32.5 Å². The molecule has 1 rings (SSSR count). The fourth-order valence-electron chi connectivity index (χ4n) is 2.63. The summed E-state index contributed by atoms with van der Waals surface area (Å²) in [4.78, 5) is 2.55. The maximum atomic E-state index is 5.21. The zero-order valence-corrected chi connectivity index (χ0v) is 12.0. The van der Waals surface area contributed by atoms with Gasteiger partial charge in [-0.2, -0.15) is 0 Å². The zero-order chi connectivity index (χ0) is 12.7. The van der Waals surface area contributed by atoms with Crippen molar-refractivity contribution in [3.05, 3.63) is 0 Å². The maximum absolute atomic E-state index is 5.21. The minimum atomic E-state index is 0.666. The normalized spacial score (nSPS) is 25.8. The van der Waals surface area contributed by atoms with Crippen LogP contribution in [0, 0.1) is 11.8 Å². The molecule has 0 spiro atoms. The molecule has 2 unspecified atom stereocenters. The highest BCUT2D eigenvalue weighted by atomic mass is 16.5. The molecule has 1 fully saturated rings. The molecule has 3 heteroatoms. The van der Waals surface area contributed by atoms with Gasteiger partial charge in [0, 0.05) is 32.8 Å². The molecule has 0 amide bonds. The number of hydrogen-bond acceptors (Lipinski definition) is 3. The lowest BCUT2D eigenvalue weighted by molar-refractivity contribution is 0.120. The SMILES string of the molecule is COCCN(CC(C)C)CC1NCCCC1C. The molecule has 2 atom stereocenters. The summed E-state index contributed by atoms with van der Waals surface area (Å²) in [7, 11) is 1.79. The maximum Gasteiger partial charge on any atom is 0.0589 e. The van der Waals surface area contributed by atoms with E-state index in [1.807, 2.05) is 0 Å². The van der Waals surface area contributed by atoms with Crippen molar-refractivity contribution >= 4 is 0 Å². The Hall–Kier alpha value is -0.120. The van der Waals surface area contributed by atoms with E-state index in [9.17, 15) is 0 Å². The van der Waals surface area contributed by atoms with Crippen molar-refractivity contribution in [1.82, 2.24) is 10.2 Å². The lowest BCUT2D eigenvalue weighted by atomic mass is 9.92. The van der Waals surface area contributed by atoms with E-state index >= 15 is 0 Å². The number of hydrogen-bond donors (Lipinski definition) is 1. The van der Waals surface area contributed by atoms with Gasteiger partial charge >= 0.3 is 0 Å². The molecule has 1 N–H and O–H groups in total. The first-order valence-corrected chi connectivity index (χ1v) is 7.08. The summed E-state index contributed by atoms with van der Waals surface area (Å²) in [6, 6.07) is 0.666. The first-order chi connectivity index (χ1) is 8.13. The highest BCUT2D eigenvalue weighted by Gasteiger charge is 2.23. The van der Waals surface area contributed by atoms with Gasteiger partial charge < -0.3 is 10.1 Å². The molecule has 0 aromatic carbocycles. The van der Waals surface area contributed by atoms with E-state index in [-0.39, 0.29) is 0 Å². The predicted octanol–water partition coefficient (Wildman–Crippen LogP) is 1.98. The van der Waals surface area contributed by atoms with Crippen molar-refractivity contribution in [2.75, 3.05) is 39.9 Å². The van der Waals surface area contributed by atoms with Gasteiger partial charge in [0.05, 0.1) is 6.61 Å². The first kappa shape index (κ1) is 14.9. The molecule has 102 valence electrons. The van der Waals surface area contributed by atoms with Crippen LogP contribution in [0.15, 0.2) is 0 Å². The molecule has 0 radical (unpaired) electrons. The summed E-state index contributed by atoms with van der Waals surface area (Å²) in [5, 5.41) is 3.67. The Labute approximate surface area is 107 Å². The number of rotatable bonds is 7. The quantitative estimate of drug-likeness (QED) is 0.739. The van der Waals surface area contributed by atoms with Gasteiger partial charge in [-0.15, -0.1) is 0 Å². The third kappa shape index (κ3) is 5.84. The van der Waals surface area contributed by atoms with Crippen molar-refractivity contribution in [1.29, 1.82) is 0 Å². The van der Waals surface area contributed by atoms with Crippen LogP contribution in [0.25, 0.3) is 0 Å². The molecule has 1 heterocycles. The minimum absolute atomic E-state index is 0.666. The van der Waals surface area contributed by atoms with E-state index in [0.717, 1.165) is 25.0 Å². The Morgan fingerprint density at radius 1 is 1.41 bits per heavy atom. The van der Waals surface area contributed by atoms with Crippen LogP contribution < -0.4 is 5.32 Å². The third-order valence-corrected chi connectivity index (χ3v) is 3.62. The summed E-state index contributed by atoms with van der Waals surface area (Å²) in [6.45, 7) is 12.4. The number of nitrogens with zero attached hydrogens (tertiary/aromatic N) is 1. The van der Waals surface area contributed by atoms with Gasteiger partial charge in [-0.25, -0.2) is 0 Å². The zero-order valence-electron chi connectivity index (χ0n) is 12.0. The Balaban J connectivity index is 2.39. The van der Waals surface area contributed by atoms with Gasteiger partial charge in [-0.3, -0.25) is 4.90 Å². The molecule has 1 aliphatic rings. The largest absolute Gasteiger partial charge is 0.383 e. The Bertz CT molecular complexity index is 197. The van der Waals surface area contributed by atoms with Crippen molar-refractivity contribution in [2.45, 2.75) is 39.7 Å². The van der Waals surface area contributed by atoms with Crippen LogP contribution in [0.4, 0.5) is 0 Å². The molecule has 0 aliphatic carbocycles. The topological polar surface area (TPSA) is 24.5 Å². The lowest BCUT2D eigenvalue weighted by Gasteiger charge is -2.35. The second-order valence-corrected chi connectivity index (χ2v) is 5.83. The van der Waals surface area contributed by atoms with Gasteiger partial charge in [0.15, 0.2) is 0 Å². The molecule has 3 nitrogen and oxygen atoms in total. The van der Waals surface area contributed by atoms with E-state index < -0.39 is 0 Å². The monoisotopic (exact) mass is 242 g/mol. The smallest absolute Gasteiger partial charge is 0.0589 e. The van der Waals surface area contributed by atoms with Crippen LogP contribution in [0.3, 0.4) is 0 Å². The van der Waals surface area contributed by atoms with Gasteiger partial charge in [0.25, 0.3) is 0 Å². The Kier molecular flexibility index (Phi) is 7.09. The summed E-state index contributed by atoms with van der Waals surface area (Å²) in [6.07, 6.45) is 2.71. The molecule has 1 saturated heterocycles. The van der Waals surface area contributed by atoms with Crippen LogP contribution in [-0.4, -0.2) is 50.8 Å². The number of ether oxygens (including phenoxy) is 1. The average molecular weight is 242 g/mol. The third-order valence-electron chi connectivity index (χ3n) is 3.62. The molecular formula is C14H30N2O. The molecule has 0 bridgehead atoms. The first-order valence-electron chi connectivity index (χ1n) is 7.08. The standard InChI is InChI=1S/C14H30N2O/c1-12(2)10-16(8-9-17-4)11-14-13(3)6-5-7-15-14/h12-15H,5-11H2,1-4H3. The van der Waals surface area contributed by atoms with Crippen LogP contribution in [0.2, 0.25) is 0 Å². The van der Waals surface area contributed by atoms with E-state index in [2.05, 4.69) is 31.0 Å². The molecule has 0 aromatic rings. The molecular weight excluding hydrogens is 212 g/mol. The summed E-state index contributed by atoms with van der Waals surface area (Å²) >= 11 is 0. The Morgan fingerprint density at radius 2 is 2.18 bits per heavy atom. The summed E-state index contributed by atoms with van der Waals surface area (Å²) in [5.41, 5.74) is 0. The molecule has 0 aromatic heterocycles.